The number of pyridine rings is 2. The number of hydrogen-bond acceptors (Lipinski definition) is 4. The molecule has 0 bridgehead atoms. The Bertz CT molecular complexity index is 1240. The third kappa shape index (κ3) is 4.75. The number of piperidine rings is 1. The van der Waals surface area contributed by atoms with Crippen molar-refractivity contribution in [3.63, 3.8) is 0 Å². The Labute approximate surface area is 204 Å². The fraction of sp³-hybridized carbons (Fsp3) is 0.308. The summed E-state index contributed by atoms with van der Waals surface area (Å²) in [5.41, 5.74) is 6.65. The molecule has 0 N–H and O–H groups in total. The van der Waals surface area contributed by atoms with E-state index in [2.05, 4.69) is 54.1 Å². The molecule has 0 saturated carbocycles. The van der Waals surface area contributed by atoms with E-state index in [9.17, 15) is 4.39 Å². The van der Waals surface area contributed by atoms with Crippen molar-refractivity contribution in [3.8, 4) is 28.1 Å². The first kappa shape index (κ1) is 22.3. The first-order valence-electron chi connectivity index (χ1n) is 11.1. The normalized spacial score (nSPS) is 17.0. The molecule has 1 fully saturated rings. The molecule has 0 spiro atoms. The first-order valence-corrected chi connectivity index (χ1v) is 14.2. The van der Waals surface area contributed by atoms with Crippen LogP contribution >= 0.6 is 0 Å². The Balaban J connectivity index is 1.44. The van der Waals surface area contributed by atoms with Crippen LogP contribution in [0.25, 0.3) is 33.3 Å². The second-order valence-corrected chi connectivity index (χ2v) is 10.4. The summed E-state index contributed by atoms with van der Waals surface area (Å²) < 4.78 is 21.2. The zero-order valence-electron chi connectivity index (χ0n) is 18.8. The summed E-state index contributed by atoms with van der Waals surface area (Å²) in [6, 6.07) is 14.8. The second kappa shape index (κ2) is 9.77. The van der Waals surface area contributed by atoms with Crippen LogP contribution in [0.3, 0.4) is 0 Å². The van der Waals surface area contributed by atoms with E-state index in [1.54, 1.807) is 7.11 Å². The summed E-state index contributed by atoms with van der Waals surface area (Å²) in [6.45, 7) is 2.32. The van der Waals surface area contributed by atoms with Gasteiger partial charge in [0.15, 0.2) is 0 Å². The Morgan fingerprint density at radius 3 is 2.55 bits per heavy atom. The Morgan fingerprint density at radius 2 is 1.85 bits per heavy atom. The van der Waals surface area contributed by atoms with Gasteiger partial charge in [-0.3, -0.25) is 0 Å². The van der Waals surface area contributed by atoms with Gasteiger partial charge in [-0.2, -0.15) is 0 Å². The number of likely N-dealkylation sites (tertiary alicyclic amines) is 1. The van der Waals surface area contributed by atoms with E-state index >= 15 is 0 Å². The average Bonchev–Trinajstić information content (AvgIpc) is 3.22. The van der Waals surface area contributed by atoms with Crippen LogP contribution in [-0.2, 0) is 6.54 Å². The van der Waals surface area contributed by atoms with Gasteiger partial charge >= 0.3 is 181 Å². The number of fused-ring (bicyclic) bond motifs is 1. The molecular formula is C26H27FIN4O-. The van der Waals surface area contributed by atoms with Crippen molar-refractivity contribution in [2.45, 2.75) is 25.6 Å². The molecule has 4 aromatic rings. The number of benzene rings is 1. The second-order valence-electron chi connectivity index (χ2n) is 8.38. The Morgan fingerprint density at radius 1 is 1.06 bits per heavy atom. The molecule has 7 heteroatoms. The molecule has 5 rings (SSSR count). The van der Waals surface area contributed by atoms with E-state index in [0.717, 1.165) is 52.8 Å². The molecule has 4 heterocycles. The van der Waals surface area contributed by atoms with Crippen molar-refractivity contribution in [1.29, 1.82) is 0 Å². The first-order chi connectivity index (χ1) is 16.1. The average molecular weight is 557 g/mol. The molecule has 0 aliphatic carbocycles. The van der Waals surface area contributed by atoms with Crippen molar-refractivity contribution in [2.24, 2.45) is 0 Å². The molecule has 172 valence electrons. The molecule has 33 heavy (non-hydrogen) atoms. The quantitative estimate of drug-likeness (QED) is 0.270. The van der Waals surface area contributed by atoms with Crippen molar-refractivity contribution >= 4 is 11.0 Å². The maximum atomic E-state index is 13.7. The standard InChI is InChI=1S/C26H27FIN4O/c1-28-32-17-24(20-9-10-25(33-2)29-13-20)23-12-21(14-30-26(23)32)19-7-5-18(6-8-19)15-31-11-3-4-22(27)16-31/h5-10,12-14,17,22H,3-4,11,15-16H2,1-2H3/q-1. The van der Waals surface area contributed by atoms with Crippen molar-refractivity contribution in [2.75, 3.05) is 25.1 Å². The van der Waals surface area contributed by atoms with Crippen LogP contribution in [0.4, 0.5) is 4.39 Å². The van der Waals surface area contributed by atoms with Gasteiger partial charge in [0.05, 0.1) is 0 Å². The maximum absolute atomic E-state index is 13.7. The zero-order chi connectivity index (χ0) is 22.8. The van der Waals surface area contributed by atoms with Gasteiger partial charge in [-0.15, -0.1) is 0 Å². The molecule has 0 amide bonds. The minimum absolute atomic E-state index is 0.178. The third-order valence-corrected chi connectivity index (χ3v) is 7.96. The fourth-order valence-corrected chi connectivity index (χ4v) is 5.85. The summed E-state index contributed by atoms with van der Waals surface area (Å²) in [4.78, 5) is 13.7. The van der Waals surface area contributed by atoms with Gasteiger partial charge in [0, 0.05) is 0 Å². The van der Waals surface area contributed by atoms with E-state index in [-0.39, 0.29) is 21.5 Å². The van der Waals surface area contributed by atoms with E-state index in [1.165, 1.54) is 5.56 Å². The molecule has 5 nitrogen and oxygen atoms in total. The summed E-state index contributed by atoms with van der Waals surface area (Å²) in [5.74, 6) is 0.607. The van der Waals surface area contributed by atoms with Crippen molar-refractivity contribution in [3.05, 3.63) is 66.6 Å². The van der Waals surface area contributed by atoms with E-state index in [0.29, 0.717) is 18.8 Å². The summed E-state index contributed by atoms with van der Waals surface area (Å²) in [6.07, 6.45) is 6.96. The molecule has 1 unspecified atom stereocenters. The topological polar surface area (TPSA) is 43.2 Å². The fourth-order valence-electron chi connectivity index (χ4n) is 4.45. The van der Waals surface area contributed by atoms with E-state index in [4.69, 9.17) is 9.72 Å². The van der Waals surface area contributed by atoms with Gasteiger partial charge in [0.25, 0.3) is 0 Å². The SMILES string of the molecule is COc1ccc(-c2cn([I-]C)c3ncc(-c4ccc(CN5CCCC(F)C5)cc4)cc23)cn1. The Hall–Kier alpha value is -2.52. The van der Waals surface area contributed by atoms with Crippen LogP contribution in [0.1, 0.15) is 18.4 Å². The monoisotopic (exact) mass is 557 g/mol. The molecule has 1 atom stereocenters. The Kier molecular flexibility index (Phi) is 6.59. The van der Waals surface area contributed by atoms with Crippen molar-refractivity contribution < 1.29 is 30.6 Å². The third-order valence-electron chi connectivity index (χ3n) is 6.18. The molecule has 0 radical (unpaired) electrons. The molecule has 3 aromatic heterocycles. The van der Waals surface area contributed by atoms with Crippen LogP contribution in [0.5, 0.6) is 5.88 Å². The van der Waals surface area contributed by atoms with Gasteiger partial charge < -0.3 is 0 Å². The number of nitrogens with zero attached hydrogens (tertiary/aromatic N) is 4. The van der Waals surface area contributed by atoms with Gasteiger partial charge in [-0.05, 0) is 12.8 Å². The number of methoxy groups -OCH3 is 1. The predicted molar refractivity (Wildman–Crippen MR) is 126 cm³/mol. The number of ether oxygens (including phenoxy) is 1. The van der Waals surface area contributed by atoms with Crippen LogP contribution in [0.2, 0.25) is 0 Å². The van der Waals surface area contributed by atoms with Gasteiger partial charge in [0.2, 0.25) is 0 Å². The minimum atomic E-state index is -0.691. The van der Waals surface area contributed by atoms with Gasteiger partial charge in [-0.1, -0.05) is 0 Å². The summed E-state index contributed by atoms with van der Waals surface area (Å²) >= 11 is -0.178. The number of hydrogen-bond donors (Lipinski definition) is 0. The number of rotatable bonds is 6. The van der Waals surface area contributed by atoms with Crippen LogP contribution in [0.15, 0.2) is 61.1 Å². The van der Waals surface area contributed by atoms with E-state index < -0.39 is 6.17 Å². The molecular weight excluding hydrogens is 530 g/mol. The van der Waals surface area contributed by atoms with Gasteiger partial charge in [0.1, 0.15) is 6.17 Å². The van der Waals surface area contributed by atoms with Crippen LogP contribution < -0.4 is 26.2 Å². The molecule has 1 aliphatic rings. The summed E-state index contributed by atoms with van der Waals surface area (Å²) in [5, 5.41) is 1.13. The van der Waals surface area contributed by atoms with Crippen LogP contribution in [0, 0.1) is 0 Å². The number of aromatic nitrogens is 3. The zero-order valence-corrected chi connectivity index (χ0v) is 21.0. The molecule has 1 aliphatic heterocycles. The summed E-state index contributed by atoms with van der Waals surface area (Å²) in [7, 11) is 1.63. The number of halogens is 2. The van der Waals surface area contributed by atoms with Gasteiger partial charge in [-0.25, -0.2) is 4.39 Å². The van der Waals surface area contributed by atoms with Crippen LogP contribution in [-0.4, -0.2) is 48.9 Å². The van der Waals surface area contributed by atoms with E-state index in [1.807, 2.05) is 24.5 Å². The number of alkyl halides is 2. The molecule has 1 aromatic carbocycles. The van der Waals surface area contributed by atoms with Crippen molar-refractivity contribution in [1.82, 2.24) is 17.6 Å². The molecule has 1 saturated heterocycles. The predicted octanol–water partition coefficient (Wildman–Crippen LogP) is 2.19.